The van der Waals surface area contributed by atoms with Gasteiger partial charge in [-0.15, -0.1) is 0 Å². The Balaban J connectivity index is 2.06. The van der Waals surface area contributed by atoms with Gasteiger partial charge in [0.2, 0.25) is 0 Å². The molecule has 1 heterocycles. The SMILES string of the molecule is C=C(C)C1Cc2ccccc2OC1c1cc(O)c(O)c(O)c1. The van der Waals surface area contributed by atoms with Gasteiger partial charge in [0.25, 0.3) is 0 Å². The topological polar surface area (TPSA) is 69.9 Å². The van der Waals surface area contributed by atoms with Gasteiger partial charge in [-0.3, -0.25) is 0 Å². The maximum atomic E-state index is 9.74. The number of benzene rings is 2. The van der Waals surface area contributed by atoms with Gasteiger partial charge >= 0.3 is 0 Å². The van der Waals surface area contributed by atoms with Crippen molar-refractivity contribution in [1.29, 1.82) is 0 Å². The first-order chi connectivity index (χ1) is 10.5. The van der Waals surface area contributed by atoms with Crippen LogP contribution in [0.4, 0.5) is 0 Å². The lowest BCUT2D eigenvalue weighted by atomic mass is 9.83. The number of rotatable bonds is 2. The summed E-state index contributed by atoms with van der Waals surface area (Å²) in [5.41, 5.74) is 2.68. The number of ether oxygens (including phenoxy) is 1. The molecule has 0 radical (unpaired) electrons. The predicted octanol–water partition coefficient (Wildman–Crippen LogP) is 3.67. The molecule has 0 spiro atoms. The van der Waals surface area contributed by atoms with Gasteiger partial charge in [0, 0.05) is 11.5 Å². The molecular weight excluding hydrogens is 280 g/mol. The van der Waals surface area contributed by atoms with Crippen molar-refractivity contribution in [3.8, 4) is 23.0 Å². The van der Waals surface area contributed by atoms with Crippen LogP contribution in [0.5, 0.6) is 23.0 Å². The summed E-state index contributed by atoms with van der Waals surface area (Å²) in [5, 5.41) is 29.0. The van der Waals surface area contributed by atoms with E-state index in [9.17, 15) is 15.3 Å². The fraction of sp³-hybridized carbons (Fsp3) is 0.222. The van der Waals surface area contributed by atoms with Crippen LogP contribution < -0.4 is 4.74 Å². The predicted molar refractivity (Wildman–Crippen MR) is 83.3 cm³/mol. The molecule has 114 valence electrons. The molecule has 1 aliphatic heterocycles. The second-order valence-corrected chi connectivity index (χ2v) is 5.71. The molecule has 2 aromatic carbocycles. The van der Waals surface area contributed by atoms with Gasteiger partial charge in [-0.05, 0) is 37.1 Å². The third-order valence-electron chi connectivity index (χ3n) is 4.09. The van der Waals surface area contributed by atoms with E-state index >= 15 is 0 Å². The number of phenols is 3. The van der Waals surface area contributed by atoms with Crippen molar-refractivity contribution in [3.05, 3.63) is 59.7 Å². The molecule has 22 heavy (non-hydrogen) atoms. The molecule has 2 aromatic rings. The third-order valence-corrected chi connectivity index (χ3v) is 4.09. The highest BCUT2D eigenvalue weighted by atomic mass is 16.5. The molecule has 0 amide bonds. The molecule has 1 aliphatic rings. The molecule has 4 heteroatoms. The monoisotopic (exact) mass is 298 g/mol. The first-order valence-electron chi connectivity index (χ1n) is 7.12. The van der Waals surface area contributed by atoms with Crippen molar-refractivity contribution in [2.24, 2.45) is 5.92 Å². The summed E-state index contributed by atoms with van der Waals surface area (Å²) >= 11 is 0. The van der Waals surface area contributed by atoms with Gasteiger partial charge < -0.3 is 20.1 Å². The molecule has 0 bridgehead atoms. The summed E-state index contributed by atoms with van der Waals surface area (Å²) in [5.74, 6) is -0.432. The van der Waals surface area contributed by atoms with E-state index in [4.69, 9.17) is 4.74 Å². The van der Waals surface area contributed by atoms with Gasteiger partial charge in [-0.1, -0.05) is 30.4 Å². The zero-order valence-electron chi connectivity index (χ0n) is 12.3. The lowest BCUT2D eigenvalue weighted by Crippen LogP contribution is -2.26. The Bertz CT molecular complexity index is 713. The number of fused-ring (bicyclic) bond motifs is 1. The van der Waals surface area contributed by atoms with Crippen LogP contribution in [0.15, 0.2) is 48.6 Å². The average Bonchev–Trinajstić information content (AvgIpc) is 2.50. The Morgan fingerprint density at radius 1 is 1.14 bits per heavy atom. The smallest absolute Gasteiger partial charge is 0.200 e. The van der Waals surface area contributed by atoms with Gasteiger partial charge in [-0.2, -0.15) is 0 Å². The summed E-state index contributed by atoms with van der Waals surface area (Å²) in [4.78, 5) is 0. The van der Waals surface area contributed by atoms with Crippen molar-refractivity contribution in [3.63, 3.8) is 0 Å². The van der Waals surface area contributed by atoms with Gasteiger partial charge in [0.05, 0.1) is 0 Å². The van der Waals surface area contributed by atoms with Gasteiger partial charge in [0.1, 0.15) is 11.9 Å². The van der Waals surface area contributed by atoms with Crippen LogP contribution in [0.2, 0.25) is 0 Å². The summed E-state index contributed by atoms with van der Waals surface area (Å²) in [7, 11) is 0. The molecule has 3 rings (SSSR count). The van der Waals surface area contributed by atoms with Crippen LogP contribution in [0.25, 0.3) is 0 Å². The Morgan fingerprint density at radius 3 is 2.41 bits per heavy atom. The van der Waals surface area contributed by atoms with Crippen molar-refractivity contribution < 1.29 is 20.1 Å². The van der Waals surface area contributed by atoms with Crippen LogP contribution in [0, 0.1) is 5.92 Å². The molecular formula is C18H18O4. The van der Waals surface area contributed by atoms with E-state index in [0.717, 1.165) is 23.3 Å². The van der Waals surface area contributed by atoms with E-state index in [1.807, 2.05) is 31.2 Å². The minimum absolute atomic E-state index is 0.0262. The van der Waals surface area contributed by atoms with Crippen LogP contribution in [0.1, 0.15) is 24.2 Å². The number of hydrogen-bond acceptors (Lipinski definition) is 4. The molecule has 2 atom stereocenters. The molecule has 0 fully saturated rings. The van der Waals surface area contributed by atoms with Crippen molar-refractivity contribution in [2.45, 2.75) is 19.4 Å². The second kappa shape index (κ2) is 5.30. The first-order valence-corrected chi connectivity index (χ1v) is 7.12. The van der Waals surface area contributed by atoms with Gasteiger partial charge in [0.15, 0.2) is 17.2 Å². The van der Waals surface area contributed by atoms with Crippen molar-refractivity contribution in [2.75, 3.05) is 0 Å². The molecule has 2 unspecified atom stereocenters. The maximum absolute atomic E-state index is 9.74. The van der Waals surface area contributed by atoms with Crippen molar-refractivity contribution >= 4 is 0 Å². The summed E-state index contributed by atoms with van der Waals surface area (Å²) < 4.78 is 6.08. The summed E-state index contributed by atoms with van der Waals surface area (Å²) in [6, 6.07) is 10.6. The average molecular weight is 298 g/mol. The minimum atomic E-state index is -0.521. The van der Waals surface area contributed by atoms with Gasteiger partial charge in [-0.25, -0.2) is 0 Å². The summed E-state index contributed by atoms with van der Waals surface area (Å²) in [6.45, 7) is 5.98. The Hall–Kier alpha value is -2.62. The minimum Gasteiger partial charge on any atom is -0.504 e. The van der Waals surface area contributed by atoms with Crippen molar-refractivity contribution in [1.82, 2.24) is 0 Å². The van der Waals surface area contributed by atoms with E-state index in [1.54, 1.807) is 0 Å². The molecule has 4 nitrogen and oxygen atoms in total. The van der Waals surface area contributed by atoms with E-state index in [1.165, 1.54) is 12.1 Å². The largest absolute Gasteiger partial charge is 0.504 e. The van der Waals surface area contributed by atoms with Crippen LogP contribution in [0.3, 0.4) is 0 Å². The standard InChI is InChI=1S/C18H18O4/c1-10(2)13-7-11-5-3-4-6-16(11)22-18(13)12-8-14(19)17(21)15(20)9-12/h3-6,8-9,13,18-21H,1,7H2,2H3. The van der Waals surface area contributed by atoms with E-state index < -0.39 is 5.75 Å². The first kappa shape index (κ1) is 14.3. The van der Waals surface area contributed by atoms with Crippen LogP contribution >= 0.6 is 0 Å². The normalized spacial score (nSPS) is 20.0. The number of hydrogen-bond donors (Lipinski definition) is 3. The van der Waals surface area contributed by atoms with Crippen LogP contribution in [-0.4, -0.2) is 15.3 Å². The fourth-order valence-electron chi connectivity index (χ4n) is 2.87. The fourth-order valence-corrected chi connectivity index (χ4v) is 2.87. The number of phenolic OH excluding ortho intramolecular Hbond substituents is 3. The molecule has 0 aromatic heterocycles. The lowest BCUT2D eigenvalue weighted by Gasteiger charge is -2.34. The third kappa shape index (κ3) is 2.37. The highest BCUT2D eigenvalue weighted by molar-refractivity contribution is 5.52. The quantitative estimate of drug-likeness (QED) is 0.584. The molecule has 0 saturated heterocycles. The van der Waals surface area contributed by atoms with E-state index in [0.29, 0.717) is 5.56 Å². The Kier molecular flexibility index (Phi) is 3.45. The maximum Gasteiger partial charge on any atom is 0.200 e. The zero-order valence-corrected chi connectivity index (χ0v) is 12.3. The number of aromatic hydroxyl groups is 3. The van der Waals surface area contributed by atoms with E-state index in [2.05, 4.69) is 6.58 Å². The summed E-state index contributed by atoms with van der Waals surface area (Å²) in [6.07, 6.45) is 0.406. The highest BCUT2D eigenvalue weighted by Gasteiger charge is 2.32. The Morgan fingerprint density at radius 2 is 1.77 bits per heavy atom. The Labute approximate surface area is 128 Å². The highest BCUT2D eigenvalue weighted by Crippen LogP contribution is 2.45. The molecule has 0 saturated carbocycles. The van der Waals surface area contributed by atoms with E-state index in [-0.39, 0.29) is 23.5 Å². The molecule has 0 aliphatic carbocycles. The molecule has 3 N–H and O–H groups in total. The second-order valence-electron chi connectivity index (χ2n) is 5.71. The van der Waals surface area contributed by atoms with Crippen LogP contribution in [-0.2, 0) is 6.42 Å². The number of para-hydroxylation sites is 1. The zero-order chi connectivity index (χ0) is 15.9. The lowest BCUT2D eigenvalue weighted by molar-refractivity contribution is 0.131.